The Morgan fingerprint density at radius 2 is 1.79 bits per heavy atom. The van der Waals surface area contributed by atoms with Gasteiger partial charge in [0.25, 0.3) is 0 Å². The fraction of sp³-hybridized carbons (Fsp3) is 0.583. The molecule has 0 N–H and O–H groups in total. The normalized spacial score (nSPS) is 12.0. The van der Waals surface area contributed by atoms with E-state index in [1.165, 1.54) is 11.1 Å². The van der Waals surface area contributed by atoms with E-state index in [1.807, 2.05) is 6.08 Å². The van der Waals surface area contributed by atoms with Gasteiger partial charge in [0.2, 0.25) is 0 Å². The lowest BCUT2D eigenvalue weighted by atomic mass is 10.1. The molecule has 0 atom stereocenters. The number of hydrogen-bond acceptors (Lipinski definition) is 1. The van der Waals surface area contributed by atoms with Crippen LogP contribution in [0.15, 0.2) is 23.8 Å². The number of nitrogens with zero attached hydrogens (tertiary/aromatic N) is 1. The molecule has 2 heteroatoms. The highest BCUT2D eigenvalue weighted by atomic mass is 32.1. The van der Waals surface area contributed by atoms with Crippen molar-refractivity contribution in [2.24, 2.45) is 0 Å². The Bertz CT molecular complexity index is 237. The van der Waals surface area contributed by atoms with Crippen molar-refractivity contribution in [2.45, 2.75) is 34.1 Å². The molecule has 0 aliphatic carbocycles. The fourth-order valence-corrected chi connectivity index (χ4v) is 1.84. The van der Waals surface area contributed by atoms with Crippen LogP contribution < -0.4 is 0 Å². The third-order valence-electron chi connectivity index (χ3n) is 2.48. The zero-order valence-corrected chi connectivity index (χ0v) is 10.6. The Morgan fingerprint density at radius 1 is 1.29 bits per heavy atom. The van der Waals surface area contributed by atoms with Crippen molar-refractivity contribution in [3.8, 4) is 0 Å². The maximum absolute atomic E-state index is 5.43. The summed E-state index contributed by atoms with van der Waals surface area (Å²) in [7, 11) is 0. The minimum Gasteiger partial charge on any atom is -0.363 e. The molecule has 0 unspecified atom stereocenters. The van der Waals surface area contributed by atoms with Gasteiger partial charge in [0.1, 0.15) is 4.99 Å². The van der Waals surface area contributed by atoms with Crippen molar-refractivity contribution in [1.82, 2.24) is 4.90 Å². The SMILES string of the molecule is C=C/C(CC)=C(/C)C(=S)N(CC)CC. The summed E-state index contributed by atoms with van der Waals surface area (Å²) >= 11 is 5.43. The molecule has 0 spiro atoms. The molecule has 80 valence electrons. The van der Waals surface area contributed by atoms with E-state index >= 15 is 0 Å². The Hall–Kier alpha value is -0.630. The second-order valence-electron chi connectivity index (χ2n) is 3.19. The maximum atomic E-state index is 5.43. The molecule has 0 bridgehead atoms. The molecule has 0 aromatic rings. The molecule has 0 aromatic carbocycles. The van der Waals surface area contributed by atoms with Gasteiger partial charge in [0.15, 0.2) is 0 Å². The first-order valence-electron chi connectivity index (χ1n) is 5.23. The lowest BCUT2D eigenvalue weighted by Crippen LogP contribution is -2.30. The lowest BCUT2D eigenvalue weighted by Gasteiger charge is -2.23. The Balaban J connectivity index is 4.82. The highest BCUT2D eigenvalue weighted by Crippen LogP contribution is 2.13. The average molecular weight is 211 g/mol. The highest BCUT2D eigenvalue weighted by molar-refractivity contribution is 7.80. The monoisotopic (exact) mass is 211 g/mol. The summed E-state index contributed by atoms with van der Waals surface area (Å²) in [6, 6.07) is 0. The maximum Gasteiger partial charge on any atom is 0.105 e. The molecule has 0 radical (unpaired) electrons. The number of rotatable bonds is 5. The van der Waals surface area contributed by atoms with E-state index in [4.69, 9.17) is 12.2 Å². The molecule has 0 heterocycles. The summed E-state index contributed by atoms with van der Waals surface area (Å²) < 4.78 is 0. The minimum absolute atomic E-state index is 0.965. The van der Waals surface area contributed by atoms with E-state index in [9.17, 15) is 0 Å². The smallest absolute Gasteiger partial charge is 0.105 e. The van der Waals surface area contributed by atoms with Crippen molar-refractivity contribution < 1.29 is 0 Å². The van der Waals surface area contributed by atoms with Crippen LogP contribution in [-0.4, -0.2) is 23.0 Å². The zero-order chi connectivity index (χ0) is 11.1. The highest BCUT2D eigenvalue weighted by Gasteiger charge is 2.09. The first-order valence-corrected chi connectivity index (χ1v) is 5.64. The summed E-state index contributed by atoms with van der Waals surface area (Å²) in [5.41, 5.74) is 2.45. The molecule has 14 heavy (non-hydrogen) atoms. The molecule has 1 nitrogen and oxygen atoms in total. The van der Waals surface area contributed by atoms with Crippen LogP contribution in [0.25, 0.3) is 0 Å². The number of likely N-dealkylation sites (N-methyl/N-ethyl adjacent to an activating group) is 1. The van der Waals surface area contributed by atoms with E-state index in [2.05, 4.69) is 39.2 Å². The van der Waals surface area contributed by atoms with Crippen molar-refractivity contribution in [2.75, 3.05) is 13.1 Å². The van der Waals surface area contributed by atoms with E-state index < -0.39 is 0 Å². The van der Waals surface area contributed by atoms with Gasteiger partial charge in [-0.3, -0.25) is 0 Å². The number of thiocarbonyl (C=S) groups is 1. The third-order valence-corrected chi connectivity index (χ3v) is 3.04. The first-order chi connectivity index (χ1) is 6.62. The third kappa shape index (κ3) is 3.26. The summed E-state index contributed by atoms with van der Waals surface area (Å²) in [6.45, 7) is 14.2. The van der Waals surface area contributed by atoms with Crippen molar-refractivity contribution in [3.05, 3.63) is 23.8 Å². The lowest BCUT2D eigenvalue weighted by molar-refractivity contribution is 0.473. The van der Waals surface area contributed by atoms with Crippen LogP contribution in [0.2, 0.25) is 0 Å². The van der Waals surface area contributed by atoms with Crippen LogP contribution in [0.3, 0.4) is 0 Å². The standard InChI is InChI=1S/C12H21NS/c1-6-11(7-2)10(5)12(14)13(8-3)9-4/h6H,1,7-9H2,2-5H3/b11-10+. The largest absolute Gasteiger partial charge is 0.363 e. The topological polar surface area (TPSA) is 3.24 Å². The second kappa shape index (κ2) is 6.77. The molecule has 0 amide bonds. The van der Waals surface area contributed by atoms with Crippen LogP contribution in [0, 0.1) is 0 Å². The van der Waals surface area contributed by atoms with E-state index in [-0.39, 0.29) is 0 Å². The van der Waals surface area contributed by atoms with E-state index in [1.54, 1.807) is 0 Å². The van der Waals surface area contributed by atoms with Crippen LogP contribution in [0.4, 0.5) is 0 Å². The van der Waals surface area contributed by atoms with Crippen LogP contribution in [-0.2, 0) is 0 Å². The van der Waals surface area contributed by atoms with Crippen LogP contribution in [0.5, 0.6) is 0 Å². The summed E-state index contributed by atoms with van der Waals surface area (Å²) in [5, 5.41) is 0. The van der Waals surface area contributed by atoms with Gasteiger partial charge in [0.05, 0.1) is 0 Å². The predicted molar refractivity (Wildman–Crippen MR) is 68.7 cm³/mol. The van der Waals surface area contributed by atoms with E-state index in [0.29, 0.717) is 0 Å². The zero-order valence-electron chi connectivity index (χ0n) is 9.76. The van der Waals surface area contributed by atoms with Crippen molar-refractivity contribution in [1.29, 1.82) is 0 Å². The molecule has 0 rings (SSSR count). The second-order valence-corrected chi connectivity index (χ2v) is 3.57. The Kier molecular flexibility index (Phi) is 6.46. The molecule has 0 aromatic heterocycles. The predicted octanol–water partition coefficient (Wildman–Crippen LogP) is 3.57. The van der Waals surface area contributed by atoms with Gasteiger partial charge in [-0.25, -0.2) is 0 Å². The van der Waals surface area contributed by atoms with E-state index in [0.717, 1.165) is 24.5 Å². The van der Waals surface area contributed by atoms with Gasteiger partial charge in [-0.05, 0) is 38.3 Å². The van der Waals surface area contributed by atoms with Crippen molar-refractivity contribution >= 4 is 17.2 Å². The van der Waals surface area contributed by atoms with Gasteiger partial charge >= 0.3 is 0 Å². The molecule has 0 aliphatic heterocycles. The Morgan fingerprint density at radius 3 is 2.07 bits per heavy atom. The molecule has 0 saturated carbocycles. The molecule has 0 saturated heterocycles. The number of allylic oxidation sites excluding steroid dienone is 2. The number of hydrogen-bond donors (Lipinski definition) is 0. The average Bonchev–Trinajstić information content (AvgIpc) is 2.21. The fourth-order valence-electron chi connectivity index (χ4n) is 1.45. The summed E-state index contributed by atoms with van der Waals surface area (Å²) in [6.07, 6.45) is 2.90. The van der Waals surface area contributed by atoms with Crippen molar-refractivity contribution in [3.63, 3.8) is 0 Å². The summed E-state index contributed by atoms with van der Waals surface area (Å²) in [4.78, 5) is 3.16. The first kappa shape index (κ1) is 13.4. The minimum atomic E-state index is 0.965. The van der Waals surface area contributed by atoms with Crippen LogP contribution >= 0.6 is 12.2 Å². The summed E-state index contributed by atoms with van der Waals surface area (Å²) in [5.74, 6) is 0. The molecule has 0 aliphatic rings. The van der Waals surface area contributed by atoms with Crippen LogP contribution in [0.1, 0.15) is 34.1 Å². The van der Waals surface area contributed by atoms with Gasteiger partial charge in [-0.2, -0.15) is 0 Å². The molecular formula is C12H21NS. The Labute approximate surface area is 93.5 Å². The van der Waals surface area contributed by atoms with Gasteiger partial charge in [-0.1, -0.05) is 31.8 Å². The van der Waals surface area contributed by atoms with Gasteiger partial charge < -0.3 is 4.90 Å². The molecule has 0 fully saturated rings. The molecular weight excluding hydrogens is 190 g/mol. The van der Waals surface area contributed by atoms with Gasteiger partial charge in [-0.15, -0.1) is 0 Å². The quantitative estimate of drug-likeness (QED) is 0.388. The van der Waals surface area contributed by atoms with Gasteiger partial charge in [0, 0.05) is 13.1 Å².